The fourth-order valence-corrected chi connectivity index (χ4v) is 3.39. The molecule has 2 rings (SSSR count). The highest BCUT2D eigenvalue weighted by atomic mass is 79.9. The molecule has 0 aliphatic heterocycles. The van der Waals surface area contributed by atoms with Crippen LogP contribution in [0.1, 0.15) is 22.3 Å². The molecule has 0 radical (unpaired) electrons. The molecule has 1 amide bonds. The zero-order valence-corrected chi connectivity index (χ0v) is 15.8. The van der Waals surface area contributed by atoms with Crippen LogP contribution < -0.4 is 10.0 Å². The minimum Gasteiger partial charge on any atom is -0.322 e. The number of rotatable bonds is 6. The first-order chi connectivity index (χ1) is 11.8. The van der Waals surface area contributed by atoms with Crippen LogP contribution in [0.4, 0.5) is 5.69 Å². The van der Waals surface area contributed by atoms with Gasteiger partial charge >= 0.3 is 0 Å². The third kappa shape index (κ3) is 5.13. The van der Waals surface area contributed by atoms with Gasteiger partial charge in [0, 0.05) is 28.7 Å². The standard InChI is InChI=1S/C17H16BrN3O3S/c1-12-3-6-14(11-16(12)18)21-17(22)13-4-7-15(8-5-13)25(23,24)20-10-2-9-19/h3-8,11,20H,2,10H2,1H3,(H,21,22). The Morgan fingerprint density at radius 2 is 1.88 bits per heavy atom. The van der Waals surface area contributed by atoms with Crippen molar-refractivity contribution in [3.05, 3.63) is 58.1 Å². The lowest BCUT2D eigenvalue weighted by Crippen LogP contribution is -2.24. The largest absolute Gasteiger partial charge is 0.322 e. The number of hydrogen-bond donors (Lipinski definition) is 2. The summed E-state index contributed by atoms with van der Waals surface area (Å²) in [6, 6.07) is 12.9. The molecule has 0 saturated heterocycles. The predicted molar refractivity (Wildman–Crippen MR) is 98.7 cm³/mol. The second-order valence-corrected chi connectivity index (χ2v) is 7.87. The van der Waals surface area contributed by atoms with E-state index in [1.165, 1.54) is 24.3 Å². The van der Waals surface area contributed by atoms with Gasteiger partial charge in [-0.1, -0.05) is 22.0 Å². The van der Waals surface area contributed by atoms with E-state index in [0.717, 1.165) is 10.0 Å². The van der Waals surface area contributed by atoms with Gasteiger partial charge in [-0.25, -0.2) is 13.1 Å². The summed E-state index contributed by atoms with van der Waals surface area (Å²) in [6.45, 7) is 1.99. The van der Waals surface area contributed by atoms with Gasteiger partial charge in [-0.15, -0.1) is 0 Å². The lowest BCUT2D eigenvalue weighted by atomic mass is 10.2. The zero-order chi connectivity index (χ0) is 18.4. The first-order valence-electron chi connectivity index (χ1n) is 7.37. The second kappa shape index (κ2) is 8.25. The number of halogens is 1. The molecule has 0 heterocycles. The van der Waals surface area contributed by atoms with Gasteiger partial charge in [0.25, 0.3) is 5.91 Å². The van der Waals surface area contributed by atoms with E-state index in [1.54, 1.807) is 12.1 Å². The van der Waals surface area contributed by atoms with Gasteiger partial charge in [-0.2, -0.15) is 5.26 Å². The highest BCUT2D eigenvalue weighted by molar-refractivity contribution is 9.10. The molecule has 2 aromatic rings. The molecule has 130 valence electrons. The lowest BCUT2D eigenvalue weighted by molar-refractivity contribution is 0.102. The van der Waals surface area contributed by atoms with Crippen molar-refractivity contribution in [2.75, 3.05) is 11.9 Å². The van der Waals surface area contributed by atoms with Gasteiger partial charge in [0.1, 0.15) is 0 Å². The van der Waals surface area contributed by atoms with E-state index in [9.17, 15) is 13.2 Å². The topological polar surface area (TPSA) is 99.1 Å². The molecule has 0 aliphatic rings. The van der Waals surface area contributed by atoms with Crippen molar-refractivity contribution >= 4 is 37.5 Å². The van der Waals surface area contributed by atoms with Crippen LogP contribution in [-0.4, -0.2) is 20.9 Å². The molecular formula is C17H16BrN3O3S. The number of amides is 1. The maximum Gasteiger partial charge on any atom is 0.255 e. The Morgan fingerprint density at radius 1 is 1.20 bits per heavy atom. The molecule has 2 aromatic carbocycles. The Morgan fingerprint density at radius 3 is 2.48 bits per heavy atom. The maximum absolute atomic E-state index is 12.3. The van der Waals surface area contributed by atoms with Crippen molar-refractivity contribution in [2.45, 2.75) is 18.2 Å². The Bertz CT molecular complexity index is 919. The van der Waals surface area contributed by atoms with Gasteiger partial charge in [-0.05, 0) is 48.9 Å². The lowest BCUT2D eigenvalue weighted by Gasteiger charge is -2.08. The number of hydrogen-bond acceptors (Lipinski definition) is 4. The van der Waals surface area contributed by atoms with Crippen molar-refractivity contribution in [2.24, 2.45) is 0 Å². The number of anilines is 1. The number of sulfonamides is 1. The zero-order valence-electron chi connectivity index (χ0n) is 13.4. The molecule has 0 saturated carbocycles. The molecule has 0 unspecified atom stereocenters. The summed E-state index contributed by atoms with van der Waals surface area (Å²) in [7, 11) is -3.68. The van der Waals surface area contributed by atoms with Gasteiger partial charge in [0.05, 0.1) is 11.0 Å². The summed E-state index contributed by atoms with van der Waals surface area (Å²) >= 11 is 3.40. The summed E-state index contributed by atoms with van der Waals surface area (Å²) in [5, 5.41) is 11.2. The van der Waals surface area contributed by atoms with E-state index in [1.807, 2.05) is 19.1 Å². The predicted octanol–water partition coefficient (Wildman–Crippen LogP) is 3.20. The van der Waals surface area contributed by atoms with E-state index in [0.29, 0.717) is 11.3 Å². The second-order valence-electron chi connectivity index (χ2n) is 5.25. The quantitative estimate of drug-likeness (QED) is 0.699. The molecule has 0 fully saturated rings. The van der Waals surface area contributed by atoms with Crippen LogP contribution in [0.2, 0.25) is 0 Å². The normalized spacial score (nSPS) is 10.9. The number of benzene rings is 2. The third-order valence-corrected chi connectivity index (χ3v) is 5.72. The summed E-state index contributed by atoms with van der Waals surface area (Å²) in [4.78, 5) is 12.3. The number of carbonyl (C=O) groups excluding carboxylic acids is 1. The number of carbonyl (C=O) groups is 1. The SMILES string of the molecule is Cc1ccc(NC(=O)c2ccc(S(=O)(=O)NCCC#N)cc2)cc1Br. The average molecular weight is 422 g/mol. The van der Waals surface area contributed by atoms with Crippen LogP contribution in [0, 0.1) is 18.3 Å². The summed E-state index contributed by atoms with van der Waals surface area (Å²) in [5.74, 6) is -0.336. The number of nitriles is 1. The van der Waals surface area contributed by atoms with Crippen LogP contribution in [0.15, 0.2) is 51.8 Å². The molecular weight excluding hydrogens is 406 g/mol. The van der Waals surface area contributed by atoms with Crippen LogP contribution in [-0.2, 0) is 10.0 Å². The van der Waals surface area contributed by atoms with Crippen molar-refractivity contribution in [3.63, 3.8) is 0 Å². The summed E-state index contributed by atoms with van der Waals surface area (Å²) < 4.78 is 27.2. The van der Waals surface area contributed by atoms with Gasteiger partial charge in [0.2, 0.25) is 10.0 Å². The van der Waals surface area contributed by atoms with Crippen molar-refractivity contribution in [1.29, 1.82) is 5.26 Å². The minimum absolute atomic E-state index is 0.0417. The van der Waals surface area contributed by atoms with Crippen molar-refractivity contribution < 1.29 is 13.2 Å². The Labute approximate surface area is 155 Å². The van der Waals surface area contributed by atoms with Crippen LogP contribution in [0.5, 0.6) is 0 Å². The van der Waals surface area contributed by atoms with Crippen LogP contribution in [0.25, 0.3) is 0 Å². The Hall–Kier alpha value is -2.21. The van der Waals surface area contributed by atoms with E-state index < -0.39 is 10.0 Å². The highest BCUT2D eigenvalue weighted by Crippen LogP contribution is 2.21. The van der Waals surface area contributed by atoms with Crippen LogP contribution in [0.3, 0.4) is 0 Å². The van der Waals surface area contributed by atoms with Gasteiger partial charge < -0.3 is 5.32 Å². The molecule has 0 bridgehead atoms. The monoisotopic (exact) mass is 421 g/mol. The van der Waals surface area contributed by atoms with Crippen molar-refractivity contribution in [1.82, 2.24) is 4.72 Å². The van der Waals surface area contributed by atoms with E-state index >= 15 is 0 Å². The molecule has 6 nitrogen and oxygen atoms in total. The molecule has 2 N–H and O–H groups in total. The summed E-state index contributed by atoms with van der Waals surface area (Å²) in [6.07, 6.45) is 0.0891. The van der Waals surface area contributed by atoms with Crippen LogP contribution >= 0.6 is 15.9 Å². The molecule has 0 aliphatic carbocycles. The fourth-order valence-electron chi connectivity index (χ4n) is 1.98. The fraction of sp³-hybridized carbons (Fsp3) is 0.176. The average Bonchev–Trinajstić information content (AvgIpc) is 2.58. The molecule has 0 spiro atoms. The Kier molecular flexibility index (Phi) is 6.31. The molecule has 8 heteroatoms. The highest BCUT2D eigenvalue weighted by Gasteiger charge is 2.14. The van der Waals surface area contributed by atoms with E-state index in [2.05, 4.69) is 26.0 Å². The third-order valence-electron chi connectivity index (χ3n) is 3.39. The maximum atomic E-state index is 12.3. The molecule has 25 heavy (non-hydrogen) atoms. The Balaban J connectivity index is 2.09. The summed E-state index contributed by atoms with van der Waals surface area (Å²) in [5.41, 5.74) is 2.03. The smallest absolute Gasteiger partial charge is 0.255 e. The number of nitrogens with one attached hydrogen (secondary N) is 2. The van der Waals surface area contributed by atoms with Gasteiger partial charge in [0.15, 0.2) is 0 Å². The van der Waals surface area contributed by atoms with E-state index in [4.69, 9.17) is 5.26 Å². The number of nitrogens with zero attached hydrogens (tertiary/aromatic N) is 1. The molecule has 0 atom stereocenters. The van der Waals surface area contributed by atoms with Crippen molar-refractivity contribution in [3.8, 4) is 6.07 Å². The molecule has 0 aromatic heterocycles. The van der Waals surface area contributed by atoms with E-state index in [-0.39, 0.29) is 23.8 Å². The minimum atomic E-state index is -3.68. The van der Waals surface area contributed by atoms with Gasteiger partial charge in [-0.3, -0.25) is 4.79 Å². The first kappa shape index (κ1) is 19.1. The first-order valence-corrected chi connectivity index (χ1v) is 9.65. The number of aryl methyl sites for hydroxylation is 1.